The largest absolute Gasteiger partial charge is 0.493 e. The van der Waals surface area contributed by atoms with E-state index >= 15 is 0 Å². The van der Waals surface area contributed by atoms with E-state index < -0.39 is 10.8 Å². The molecule has 0 spiro atoms. The maximum Gasteiger partial charge on any atom is 0.295 e. The number of benzene rings is 3. The summed E-state index contributed by atoms with van der Waals surface area (Å²) in [4.78, 5) is 25.6. The zero-order chi connectivity index (χ0) is 24.4. The van der Waals surface area contributed by atoms with Crippen molar-refractivity contribution < 1.29 is 19.6 Å². The van der Waals surface area contributed by atoms with Gasteiger partial charge in [0.25, 0.3) is 11.6 Å². The summed E-state index contributed by atoms with van der Waals surface area (Å²) in [6.45, 7) is 2.27. The van der Waals surface area contributed by atoms with E-state index in [1.54, 1.807) is 24.3 Å². The van der Waals surface area contributed by atoms with Crippen molar-refractivity contribution in [2.24, 2.45) is 10.2 Å². The lowest BCUT2D eigenvalue weighted by molar-refractivity contribution is -0.384. The van der Waals surface area contributed by atoms with E-state index in [1.807, 2.05) is 19.1 Å². The normalized spacial score (nSPS) is 11.3. The number of hydrogen-bond donors (Lipinski definition) is 2. The van der Waals surface area contributed by atoms with Crippen LogP contribution in [0.2, 0.25) is 0 Å². The topological polar surface area (TPSA) is 130 Å². The van der Waals surface area contributed by atoms with Crippen LogP contribution in [0, 0.1) is 17.0 Å². The lowest BCUT2D eigenvalue weighted by Gasteiger charge is -2.11. The minimum absolute atomic E-state index is 0.0497. The average Bonchev–Trinajstić information content (AvgIpc) is 3.11. The van der Waals surface area contributed by atoms with E-state index in [0.29, 0.717) is 11.3 Å². The molecule has 0 saturated heterocycles. The summed E-state index contributed by atoms with van der Waals surface area (Å²) in [6.07, 6.45) is 0. The summed E-state index contributed by atoms with van der Waals surface area (Å²) in [7, 11) is 0. The number of non-ortho nitro benzene ring substituents is 1. The molecule has 0 atom stereocenters. The Morgan fingerprint density at radius 3 is 2.44 bits per heavy atom. The van der Waals surface area contributed by atoms with Gasteiger partial charge in [0.15, 0.2) is 5.69 Å². The number of aromatic hydroxyl groups is 1. The van der Waals surface area contributed by atoms with Gasteiger partial charge < -0.3 is 14.8 Å². The number of nitro groups is 1. The first-order chi connectivity index (χ1) is 16.2. The van der Waals surface area contributed by atoms with E-state index in [-0.39, 0.29) is 34.8 Å². The molecule has 0 aliphatic heterocycles. The van der Waals surface area contributed by atoms with Crippen molar-refractivity contribution in [2.45, 2.75) is 13.5 Å². The number of aromatic amines is 1. The maximum atomic E-state index is 12.5. The first-order valence-electron chi connectivity index (χ1n) is 9.85. The zero-order valence-corrected chi connectivity index (χ0v) is 20.8. The van der Waals surface area contributed by atoms with Gasteiger partial charge in [-0.15, -0.1) is 10.2 Å². The molecular weight excluding hydrogens is 572 g/mol. The number of aromatic nitrogens is 1. The Morgan fingerprint density at radius 2 is 1.79 bits per heavy atom. The summed E-state index contributed by atoms with van der Waals surface area (Å²) >= 11 is 6.98. The highest BCUT2D eigenvalue weighted by molar-refractivity contribution is 9.11. The molecular formula is C23H16Br2N4O5. The van der Waals surface area contributed by atoms with Gasteiger partial charge in [0, 0.05) is 23.1 Å². The first kappa shape index (κ1) is 23.6. The van der Waals surface area contributed by atoms with Gasteiger partial charge in [-0.25, -0.2) is 0 Å². The van der Waals surface area contributed by atoms with Crippen LogP contribution in [0.3, 0.4) is 0 Å². The van der Waals surface area contributed by atoms with Crippen LogP contribution in [-0.4, -0.2) is 20.9 Å². The molecule has 172 valence electrons. The molecule has 0 saturated carbocycles. The number of hydrogen-bond acceptors (Lipinski definition) is 6. The molecule has 0 fully saturated rings. The number of fused-ring (bicyclic) bond motifs is 1. The molecule has 34 heavy (non-hydrogen) atoms. The zero-order valence-electron chi connectivity index (χ0n) is 17.6. The van der Waals surface area contributed by atoms with Crippen LogP contribution in [0.15, 0.2) is 73.8 Å². The molecule has 11 heteroatoms. The highest BCUT2D eigenvalue weighted by Gasteiger charge is 2.16. The first-order valence-corrected chi connectivity index (χ1v) is 11.4. The SMILES string of the molecule is Cc1cc(Br)c(OCc2ccc(C(=O)N=Nc3c(O)[nH]c4ccc([N+](=O)[O-])cc34)cc2)c(Br)c1. The summed E-state index contributed by atoms with van der Waals surface area (Å²) in [5.41, 5.74) is 2.43. The van der Waals surface area contributed by atoms with Gasteiger partial charge in [-0.3, -0.25) is 14.9 Å². The highest BCUT2D eigenvalue weighted by atomic mass is 79.9. The van der Waals surface area contributed by atoms with Crippen LogP contribution in [0.4, 0.5) is 11.4 Å². The number of ether oxygens (including phenoxy) is 1. The molecule has 0 radical (unpaired) electrons. The fourth-order valence-corrected chi connectivity index (χ4v) is 4.89. The summed E-state index contributed by atoms with van der Waals surface area (Å²) < 4.78 is 7.55. The van der Waals surface area contributed by atoms with Crippen molar-refractivity contribution in [3.63, 3.8) is 0 Å². The molecule has 0 bridgehead atoms. The fourth-order valence-electron chi connectivity index (χ4n) is 3.24. The number of rotatable bonds is 6. The Bertz CT molecular complexity index is 1430. The molecule has 0 aliphatic carbocycles. The van der Waals surface area contributed by atoms with Gasteiger partial charge >= 0.3 is 0 Å². The number of carbonyl (C=O) groups is 1. The summed E-state index contributed by atoms with van der Waals surface area (Å²) in [5.74, 6) is -0.290. The van der Waals surface area contributed by atoms with Crippen molar-refractivity contribution in [3.05, 3.63) is 90.3 Å². The Labute approximate surface area is 209 Å². The minimum Gasteiger partial charge on any atom is -0.493 e. The predicted octanol–water partition coefficient (Wildman–Crippen LogP) is 7.12. The second kappa shape index (κ2) is 9.74. The number of carbonyl (C=O) groups excluding carboxylic acids is 1. The Balaban J connectivity index is 1.48. The molecule has 3 aromatic carbocycles. The van der Waals surface area contributed by atoms with Crippen molar-refractivity contribution in [2.75, 3.05) is 0 Å². The van der Waals surface area contributed by atoms with Gasteiger partial charge in [0.2, 0.25) is 5.88 Å². The lowest BCUT2D eigenvalue weighted by Crippen LogP contribution is -1.99. The third-order valence-electron chi connectivity index (χ3n) is 4.91. The van der Waals surface area contributed by atoms with Crippen LogP contribution in [0.5, 0.6) is 11.6 Å². The Morgan fingerprint density at radius 1 is 1.12 bits per heavy atom. The number of nitrogens with one attached hydrogen (secondary N) is 1. The fraction of sp³-hybridized carbons (Fsp3) is 0.0870. The second-order valence-corrected chi connectivity index (χ2v) is 9.07. The molecule has 0 unspecified atom stereocenters. The number of nitrogens with zero attached hydrogens (tertiary/aromatic N) is 3. The van der Waals surface area contributed by atoms with Crippen molar-refractivity contribution in [3.8, 4) is 11.6 Å². The van der Waals surface area contributed by atoms with Crippen LogP contribution in [0.1, 0.15) is 21.5 Å². The minimum atomic E-state index is -0.629. The van der Waals surface area contributed by atoms with E-state index in [0.717, 1.165) is 20.1 Å². The van der Waals surface area contributed by atoms with E-state index in [2.05, 4.69) is 47.1 Å². The van der Waals surface area contributed by atoms with Gasteiger partial charge in [-0.1, -0.05) is 12.1 Å². The number of aryl methyl sites for hydroxylation is 1. The van der Waals surface area contributed by atoms with Crippen molar-refractivity contribution in [1.29, 1.82) is 0 Å². The van der Waals surface area contributed by atoms with Crippen LogP contribution in [0.25, 0.3) is 10.9 Å². The quantitative estimate of drug-likeness (QED) is 0.141. The summed E-state index contributed by atoms with van der Waals surface area (Å²) in [6, 6.07) is 14.6. The van der Waals surface area contributed by atoms with Gasteiger partial charge in [0.05, 0.1) is 19.4 Å². The summed E-state index contributed by atoms with van der Waals surface area (Å²) in [5, 5.41) is 28.9. The molecule has 1 heterocycles. The molecule has 0 aliphatic rings. The molecule has 1 aromatic heterocycles. The number of nitro benzene ring substituents is 1. The lowest BCUT2D eigenvalue weighted by atomic mass is 10.1. The molecule has 2 N–H and O–H groups in total. The number of H-pyrrole nitrogens is 1. The number of azo groups is 1. The third-order valence-corrected chi connectivity index (χ3v) is 6.09. The van der Waals surface area contributed by atoms with E-state index in [9.17, 15) is 20.0 Å². The van der Waals surface area contributed by atoms with Gasteiger partial charge in [-0.2, -0.15) is 0 Å². The number of halogens is 2. The monoisotopic (exact) mass is 586 g/mol. The van der Waals surface area contributed by atoms with Gasteiger partial charge in [0.1, 0.15) is 12.4 Å². The van der Waals surface area contributed by atoms with Crippen LogP contribution >= 0.6 is 31.9 Å². The van der Waals surface area contributed by atoms with E-state index in [1.165, 1.54) is 18.2 Å². The van der Waals surface area contributed by atoms with Crippen LogP contribution < -0.4 is 4.74 Å². The van der Waals surface area contributed by atoms with E-state index in [4.69, 9.17) is 4.74 Å². The molecule has 9 nitrogen and oxygen atoms in total. The number of amides is 1. The highest BCUT2D eigenvalue weighted by Crippen LogP contribution is 2.37. The molecule has 1 amide bonds. The standard InChI is InChI=1S/C23H16Br2N4O5/c1-12-8-17(24)21(18(25)9-12)34-11-13-2-4-14(5-3-13)22(30)28-27-20-16-10-15(29(32)33)6-7-19(16)26-23(20)31/h2-10,26,31H,11H2,1H3. The molecule has 4 aromatic rings. The average molecular weight is 588 g/mol. The third kappa shape index (κ3) is 5.00. The van der Waals surface area contributed by atoms with Crippen molar-refractivity contribution in [1.82, 2.24) is 4.98 Å². The van der Waals surface area contributed by atoms with Crippen LogP contribution in [-0.2, 0) is 6.61 Å². The van der Waals surface area contributed by atoms with Gasteiger partial charge in [-0.05, 0) is 80.2 Å². The Kier molecular flexibility index (Phi) is 6.75. The smallest absolute Gasteiger partial charge is 0.295 e. The maximum absolute atomic E-state index is 12.5. The predicted molar refractivity (Wildman–Crippen MR) is 133 cm³/mol. The molecule has 4 rings (SSSR count). The second-order valence-electron chi connectivity index (χ2n) is 7.36. The van der Waals surface area contributed by atoms with Crippen molar-refractivity contribution >= 4 is 60.0 Å². The Hall–Kier alpha value is -3.57.